The van der Waals surface area contributed by atoms with Gasteiger partial charge in [0.2, 0.25) is 0 Å². The van der Waals surface area contributed by atoms with E-state index in [1.54, 1.807) is 6.92 Å². The highest BCUT2D eigenvalue weighted by Crippen LogP contribution is 2.27. The molecule has 3 aromatic rings. The standard InChI is InChI=1S/C15H13Br2N3O2/c1-8-13(14(17)9(2)22-8)15(21)18-5-11-7-20-6-10(16)3-4-12(20)19-11/h3-4,6-7H,5H2,1-2H3,(H,18,21). The predicted molar refractivity (Wildman–Crippen MR) is 89.9 cm³/mol. The molecule has 0 aliphatic carbocycles. The van der Waals surface area contributed by atoms with Crippen LogP contribution < -0.4 is 5.32 Å². The number of nitrogens with one attached hydrogen (secondary N) is 1. The van der Waals surface area contributed by atoms with Gasteiger partial charge >= 0.3 is 0 Å². The summed E-state index contributed by atoms with van der Waals surface area (Å²) in [6.45, 7) is 3.94. The van der Waals surface area contributed by atoms with Crippen LogP contribution in [0.4, 0.5) is 0 Å². The van der Waals surface area contributed by atoms with E-state index in [2.05, 4.69) is 42.2 Å². The number of fused-ring (bicyclic) bond motifs is 1. The lowest BCUT2D eigenvalue weighted by Crippen LogP contribution is -2.23. The Morgan fingerprint density at radius 2 is 2.05 bits per heavy atom. The van der Waals surface area contributed by atoms with Crippen molar-refractivity contribution in [2.45, 2.75) is 20.4 Å². The van der Waals surface area contributed by atoms with Gasteiger partial charge in [-0.1, -0.05) is 0 Å². The average Bonchev–Trinajstić information content (AvgIpc) is 2.97. The summed E-state index contributed by atoms with van der Waals surface area (Å²) in [5.74, 6) is 1.11. The summed E-state index contributed by atoms with van der Waals surface area (Å²) >= 11 is 6.80. The van der Waals surface area contributed by atoms with Crippen LogP contribution in [0.15, 0.2) is 37.9 Å². The Hall–Kier alpha value is -1.60. The number of amides is 1. The summed E-state index contributed by atoms with van der Waals surface area (Å²) in [6.07, 6.45) is 3.82. The lowest BCUT2D eigenvalue weighted by molar-refractivity contribution is 0.0948. The fourth-order valence-electron chi connectivity index (χ4n) is 2.28. The molecule has 22 heavy (non-hydrogen) atoms. The second-order valence-electron chi connectivity index (χ2n) is 4.93. The molecule has 0 saturated carbocycles. The third kappa shape index (κ3) is 2.83. The number of halogens is 2. The summed E-state index contributed by atoms with van der Waals surface area (Å²) in [4.78, 5) is 16.8. The van der Waals surface area contributed by atoms with Gasteiger partial charge in [0.05, 0.1) is 22.3 Å². The Kier molecular flexibility index (Phi) is 4.10. The Balaban J connectivity index is 1.77. The van der Waals surface area contributed by atoms with E-state index in [0.29, 0.717) is 28.1 Å². The molecule has 1 N–H and O–H groups in total. The molecule has 3 rings (SSSR count). The first-order chi connectivity index (χ1) is 10.5. The van der Waals surface area contributed by atoms with Gasteiger partial charge in [-0.05, 0) is 57.8 Å². The van der Waals surface area contributed by atoms with Crippen molar-refractivity contribution < 1.29 is 9.21 Å². The number of carbonyl (C=O) groups excluding carboxylic acids is 1. The van der Waals surface area contributed by atoms with Crippen molar-refractivity contribution in [3.05, 3.63) is 56.2 Å². The monoisotopic (exact) mass is 425 g/mol. The van der Waals surface area contributed by atoms with Crippen molar-refractivity contribution in [1.82, 2.24) is 14.7 Å². The van der Waals surface area contributed by atoms with E-state index in [-0.39, 0.29) is 5.91 Å². The molecule has 0 atom stereocenters. The zero-order valence-corrected chi connectivity index (χ0v) is 15.2. The van der Waals surface area contributed by atoms with Crippen molar-refractivity contribution in [2.24, 2.45) is 0 Å². The molecule has 114 valence electrons. The third-order valence-electron chi connectivity index (χ3n) is 3.31. The van der Waals surface area contributed by atoms with Gasteiger partial charge in [0.1, 0.15) is 17.2 Å². The second-order valence-corrected chi connectivity index (χ2v) is 6.64. The number of hydrogen-bond acceptors (Lipinski definition) is 3. The van der Waals surface area contributed by atoms with E-state index >= 15 is 0 Å². The summed E-state index contributed by atoms with van der Waals surface area (Å²) < 4.78 is 9.03. The lowest BCUT2D eigenvalue weighted by atomic mass is 10.2. The van der Waals surface area contributed by atoms with Crippen LogP contribution in [-0.4, -0.2) is 15.3 Å². The van der Waals surface area contributed by atoms with E-state index in [0.717, 1.165) is 15.8 Å². The molecular formula is C15H13Br2N3O2. The fourth-order valence-corrected chi connectivity index (χ4v) is 3.17. The second kappa shape index (κ2) is 5.89. The van der Waals surface area contributed by atoms with Crippen LogP contribution >= 0.6 is 31.9 Å². The zero-order valence-electron chi connectivity index (χ0n) is 12.0. The maximum Gasteiger partial charge on any atom is 0.256 e. The molecule has 0 unspecified atom stereocenters. The van der Waals surface area contributed by atoms with Crippen molar-refractivity contribution >= 4 is 43.4 Å². The average molecular weight is 427 g/mol. The zero-order chi connectivity index (χ0) is 15.9. The summed E-state index contributed by atoms with van der Waals surface area (Å²) in [6, 6.07) is 3.84. The Bertz CT molecular complexity index is 867. The highest BCUT2D eigenvalue weighted by molar-refractivity contribution is 9.10. The first-order valence-electron chi connectivity index (χ1n) is 6.62. The molecule has 0 bridgehead atoms. The molecule has 7 heteroatoms. The van der Waals surface area contributed by atoms with E-state index in [1.807, 2.05) is 35.9 Å². The van der Waals surface area contributed by atoms with Gasteiger partial charge in [-0.15, -0.1) is 0 Å². The van der Waals surface area contributed by atoms with Gasteiger partial charge in [0, 0.05) is 16.9 Å². The van der Waals surface area contributed by atoms with Crippen molar-refractivity contribution in [3.63, 3.8) is 0 Å². The van der Waals surface area contributed by atoms with Crippen LogP contribution in [0.3, 0.4) is 0 Å². The van der Waals surface area contributed by atoms with E-state index in [4.69, 9.17) is 4.42 Å². The summed E-state index contributed by atoms with van der Waals surface area (Å²) in [7, 11) is 0. The Morgan fingerprint density at radius 1 is 1.27 bits per heavy atom. The molecule has 0 aliphatic heterocycles. The molecule has 0 saturated heterocycles. The minimum atomic E-state index is -0.181. The van der Waals surface area contributed by atoms with Crippen LogP contribution in [0.2, 0.25) is 0 Å². The summed E-state index contributed by atoms with van der Waals surface area (Å²) in [5, 5.41) is 2.87. The van der Waals surface area contributed by atoms with Crippen LogP contribution in [0.5, 0.6) is 0 Å². The smallest absolute Gasteiger partial charge is 0.256 e. The number of rotatable bonds is 3. The first-order valence-corrected chi connectivity index (χ1v) is 8.21. The van der Waals surface area contributed by atoms with Crippen molar-refractivity contribution in [1.29, 1.82) is 0 Å². The quantitative estimate of drug-likeness (QED) is 0.688. The van der Waals surface area contributed by atoms with Crippen molar-refractivity contribution in [2.75, 3.05) is 0 Å². The van der Waals surface area contributed by atoms with Gasteiger partial charge in [-0.25, -0.2) is 4.98 Å². The number of aryl methyl sites for hydroxylation is 2. The molecule has 0 fully saturated rings. The Morgan fingerprint density at radius 3 is 2.73 bits per heavy atom. The van der Waals surface area contributed by atoms with Gasteiger partial charge in [0.15, 0.2) is 0 Å². The fraction of sp³-hybridized carbons (Fsp3) is 0.200. The van der Waals surface area contributed by atoms with Gasteiger partial charge in [-0.3, -0.25) is 4.79 Å². The lowest BCUT2D eigenvalue weighted by Gasteiger charge is -2.02. The maximum atomic E-state index is 12.3. The van der Waals surface area contributed by atoms with Gasteiger partial charge in [0.25, 0.3) is 5.91 Å². The van der Waals surface area contributed by atoms with Crippen molar-refractivity contribution in [3.8, 4) is 0 Å². The number of carbonyl (C=O) groups is 1. The van der Waals surface area contributed by atoms with Gasteiger partial charge < -0.3 is 14.1 Å². The molecular weight excluding hydrogens is 414 g/mol. The minimum absolute atomic E-state index is 0.181. The van der Waals surface area contributed by atoms with E-state index in [9.17, 15) is 4.79 Å². The molecule has 0 radical (unpaired) electrons. The molecule has 3 heterocycles. The van der Waals surface area contributed by atoms with Crippen LogP contribution in [0.25, 0.3) is 5.65 Å². The largest absolute Gasteiger partial charge is 0.465 e. The van der Waals surface area contributed by atoms with E-state index in [1.165, 1.54) is 0 Å². The third-order valence-corrected chi connectivity index (χ3v) is 4.73. The maximum absolute atomic E-state index is 12.3. The minimum Gasteiger partial charge on any atom is -0.465 e. The first kappa shape index (κ1) is 15.3. The number of furan rings is 1. The predicted octanol–water partition coefficient (Wildman–Crippen LogP) is 4.00. The van der Waals surface area contributed by atoms with E-state index < -0.39 is 0 Å². The van der Waals surface area contributed by atoms with Crippen LogP contribution in [-0.2, 0) is 6.54 Å². The number of hydrogen-bond donors (Lipinski definition) is 1. The molecule has 1 amide bonds. The SMILES string of the molecule is Cc1oc(C)c(C(=O)NCc2cn3cc(Br)ccc3n2)c1Br. The van der Waals surface area contributed by atoms with Crippen LogP contribution in [0, 0.1) is 13.8 Å². The van der Waals surface area contributed by atoms with Gasteiger partial charge in [-0.2, -0.15) is 0 Å². The molecule has 5 nitrogen and oxygen atoms in total. The topological polar surface area (TPSA) is 59.5 Å². The molecule has 3 aromatic heterocycles. The highest BCUT2D eigenvalue weighted by Gasteiger charge is 2.19. The number of imidazole rings is 1. The number of pyridine rings is 1. The highest BCUT2D eigenvalue weighted by atomic mass is 79.9. The summed E-state index contributed by atoms with van der Waals surface area (Å²) in [5.41, 5.74) is 2.16. The number of aromatic nitrogens is 2. The number of nitrogens with zero attached hydrogens (tertiary/aromatic N) is 2. The molecule has 0 aromatic carbocycles. The molecule has 0 aliphatic rings. The Labute approximate surface area is 144 Å². The normalized spacial score (nSPS) is 11.1. The molecule has 0 spiro atoms. The van der Waals surface area contributed by atoms with Crippen LogP contribution in [0.1, 0.15) is 27.6 Å².